The van der Waals surface area contributed by atoms with E-state index in [-0.39, 0.29) is 61.3 Å². The number of carboxylic acid groups (broad SMARTS) is 1. The third-order valence-electron chi connectivity index (χ3n) is 15.8. The fraction of sp³-hybridized carbons (Fsp3) is 0.851. The molecule has 0 radical (unpaired) electrons. The Balaban J connectivity index is 0.835. The van der Waals surface area contributed by atoms with E-state index in [0.29, 0.717) is 69.1 Å². The summed E-state index contributed by atoms with van der Waals surface area (Å²) >= 11 is 0. The molecule has 9 aliphatic heterocycles. The molecule has 9 heterocycles. The Morgan fingerprint density at radius 1 is 0.917 bits per heavy atom. The quantitative estimate of drug-likeness (QED) is 0.189. The zero-order valence-electron chi connectivity index (χ0n) is 36.6. The normalized spacial score (nSPS) is 51.8. The van der Waals surface area contributed by atoms with Crippen molar-refractivity contribution in [3.05, 3.63) is 36.0 Å². The summed E-state index contributed by atoms with van der Waals surface area (Å²) in [6, 6.07) is 0. The van der Waals surface area contributed by atoms with Gasteiger partial charge in [-0.15, -0.1) is 0 Å². The van der Waals surface area contributed by atoms with Crippen molar-refractivity contribution in [2.75, 3.05) is 6.54 Å². The summed E-state index contributed by atoms with van der Waals surface area (Å²) in [6.45, 7) is 18.6. The van der Waals surface area contributed by atoms with Crippen LogP contribution in [-0.2, 0) is 42.7 Å². The molecule has 4 N–H and O–H groups in total. The molecule has 8 fully saturated rings. The largest absolute Gasteiger partial charge is 0.481 e. The van der Waals surface area contributed by atoms with Crippen LogP contribution in [0.5, 0.6) is 0 Å². The van der Waals surface area contributed by atoms with Gasteiger partial charge < -0.3 is 53.2 Å². The zero-order chi connectivity index (χ0) is 42.4. The van der Waals surface area contributed by atoms with E-state index in [9.17, 15) is 15.0 Å². The first kappa shape index (κ1) is 43.5. The Hall–Kier alpha value is -1.75. The second-order valence-corrected chi connectivity index (χ2v) is 20.9. The number of rotatable bonds is 9. The number of hydrogen-bond acceptors (Lipinski definition) is 12. The summed E-state index contributed by atoms with van der Waals surface area (Å²) in [5.74, 6) is -3.85. The maximum atomic E-state index is 12.2. The van der Waals surface area contributed by atoms with Gasteiger partial charge in [-0.05, 0) is 68.3 Å². The lowest BCUT2D eigenvalue weighted by Crippen LogP contribution is -2.60. The summed E-state index contributed by atoms with van der Waals surface area (Å²) in [5, 5.41) is 36.9. The highest BCUT2D eigenvalue weighted by molar-refractivity contribution is 5.66. The minimum atomic E-state index is -1.84. The molecule has 336 valence electrons. The molecule has 19 unspecified atom stereocenters. The Morgan fingerprint density at radius 3 is 2.50 bits per heavy atom. The predicted molar refractivity (Wildman–Crippen MR) is 219 cm³/mol. The molecule has 9 rings (SSSR count). The first-order chi connectivity index (χ1) is 28.4. The van der Waals surface area contributed by atoms with Gasteiger partial charge in [0.05, 0.1) is 42.7 Å². The number of allylic oxidation sites excluding steroid dienone is 1. The number of carboxylic acids is 1. The van der Waals surface area contributed by atoms with Crippen molar-refractivity contribution in [2.24, 2.45) is 29.6 Å². The number of aliphatic carboxylic acids is 1. The first-order valence-electron chi connectivity index (χ1n) is 23.2. The van der Waals surface area contributed by atoms with E-state index >= 15 is 0 Å². The predicted octanol–water partition coefficient (Wildman–Crippen LogP) is 6.40. The molecule has 2 bridgehead atoms. The first-order valence-corrected chi connectivity index (χ1v) is 23.2. The highest BCUT2D eigenvalue weighted by atomic mass is 16.8. The molecule has 0 aromatic heterocycles. The topological polar surface area (TPSA) is 164 Å². The van der Waals surface area contributed by atoms with Crippen LogP contribution in [0.4, 0.5) is 0 Å². The van der Waals surface area contributed by atoms with Gasteiger partial charge in [0.25, 0.3) is 0 Å². The molecule has 19 atom stereocenters. The molecule has 0 aromatic carbocycles. The molecule has 0 saturated carbocycles. The van der Waals surface area contributed by atoms with E-state index in [0.717, 1.165) is 43.4 Å². The zero-order valence-corrected chi connectivity index (χ0v) is 36.6. The van der Waals surface area contributed by atoms with E-state index in [2.05, 4.69) is 59.5 Å². The van der Waals surface area contributed by atoms with Crippen LogP contribution >= 0.6 is 0 Å². The van der Waals surface area contributed by atoms with Gasteiger partial charge >= 0.3 is 5.97 Å². The minimum absolute atomic E-state index is 0.00991. The van der Waals surface area contributed by atoms with Gasteiger partial charge in [-0.1, -0.05) is 65.0 Å². The summed E-state index contributed by atoms with van der Waals surface area (Å²) in [5.41, 5.74) is 1.55. The Morgan fingerprint density at radius 2 is 1.72 bits per heavy atom. The minimum Gasteiger partial charge on any atom is -0.481 e. The van der Waals surface area contributed by atoms with Gasteiger partial charge in [0.15, 0.2) is 23.1 Å². The third-order valence-corrected chi connectivity index (χ3v) is 15.8. The maximum absolute atomic E-state index is 12.2. The molecule has 0 amide bonds. The highest BCUT2D eigenvalue weighted by Crippen LogP contribution is 2.56. The van der Waals surface area contributed by atoms with Crippen LogP contribution in [0.15, 0.2) is 36.0 Å². The number of ether oxygens (including phenoxy) is 8. The summed E-state index contributed by atoms with van der Waals surface area (Å²) < 4.78 is 54.2. The Kier molecular flexibility index (Phi) is 11.6. The van der Waals surface area contributed by atoms with Gasteiger partial charge in [-0.25, -0.2) is 0 Å². The van der Waals surface area contributed by atoms with Crippen molar-refractivity contribution in [3.63, 3.8) is 0 Å². The van der Waals surface area contributed by atoms with E-state index in [1.165, 1.54) is 0 Å². The summed E-state index contributed by atoms with van der Waals surface area (Å²) in [7, 11) is 0. The van der Waals surface area contributed by atoms with Crippen molar-refractivity contribution in [3.8, 4) is 0 Å². The monoisotopic (exact) mass is 841 g/mol. The van der Waals surface area contributed by atoms with Crippen LogP contribution in [0.2, 0.25) is 0 Å². The second kappa shape index (κ2) is 16.0. The molecular formula is C47H71NO12. The van der Waals surface area contributed by atoms with Crippen molar-refractivity contribution in [1.29, 1.82) is 0 Å². The molecule has 13 heteroatoms. The average Bonchev–Trinajstić information content (AvgIpc) is 3.86. The number of fused-ring (bicyclic) bond motifs is 5. The fourth-order valence-corrected chi connectivity index (χ4v) is 12.8. The Labute approximate surface area is 355 Å². The number of nitrogens with one attached hydrogen (secondary N) is 1. The van der Waals surface area contributed by atoms with Gasteiger partial charge in [-0.2, -0.15) is 0 Å². The number of hydrogen-bond donors (Lipinski definition) is 4. The second-order valence-electron chi connectivity index (χ2n) is 20.9. The van der Waals surface area contributed by atoms with Crippen molar-refractivity contribution >= 4 is 5.97 Å². The lowest BCUT2D eigenvalue weighted by Gasteiger charge is -2.52. The SMILES string of the molecule is C=C(CC12CC(C)CC(O1)C1OC3(CC1O2)NCC(C)CC3C)C1OC(O)(C(O)C2CC3OC4(CCC5(CC(C)=CC(C=CCCC(=O)O)O5)O4)C(C)CC3O2)CCC1C. The van der Waals surface area contributed by atoms with Crippen molar-refractivity contribution in [1.82, 2.24) is 5.32 Å². The third kappa shape index (κ3) is 8.03. The standard InChI is InChI=1S/C47H71NO12/c1-26-17-33(10-8-9-11-39(49)50)54-43(21-26)14-15-47(60-43)32(7)19-34-35(57-47)20-37(53-34)42(51)46(52)13-12-29(4)40(59-46)30(5)23-44-22-27(2)18-36(55-44)41-38(56-44)24-45(58-41)31(6)16-28(3)25-48-45/h8,10,17,27-29,31-38,40-42,48,51-52H,5,9,11-16,18-25H2,1-4,6-7H3,(H,49,50). The van der Waals surface area contributed by atoms with Crippen LogP contribution in [-0.4, -0.2) is 112 Å². The summed E-state index contributed by atoms with van der Waals surface area (Å²) in [4.78, 5) is 11.0. The van der Waals surface area contributed by atoms with Crippen LogP contribution in [0.25, 0.3) is 0 Å². The molecule has 60 heavy (non-hydrogen) atoms. The number of aliphatic hydroxyl groups excluding tert-OH is 1. The molecule has 0 aliphatic carbocycles. The molecular weight excluding hydrogens is 771 g/mol. The van der Waals surface area contributed by atoms with E-state index in [4.69, 9.17) is 43.0 Å². The lowest BCUT2D eigenvalue weighted by atomic mass is 9.79. The maximum Gasteiger partial charge on any atom is 0.303 e. The van der Waals surface area contributed by atoms with Crippen LogP contribution in [0.3, 0.4) is 0 Å². The molecule has 8 saturated heterocycles. The smallest absolute Gasteiger partial charge is 0.303 e. The highest BCUT2D eigenvalue weighted by Gasteiger charge is 2.64. The van der Waals surface area contributed by atoms with E-state index < -0.39 is 53.2 Å². The van der Waals surface area contributed by atoms with Gasteiger partial charge in [0, 0.05) is 70.3 Å². The van der Waals surface area contributed by atoms with Crippen LogP contribution in [0, 0.1) is 29.6 Å². The molecule has 3 spiro atoms. The molecule has 13 nitrogen and oxygen atoms in total. The van der Waals surface area contributed by atoms with E-state index in [1.807, 2.05) is 12.2 Å². The van der Waals surface area contributed by atoms with Crippen molar-refractivity contribution < 1.29 is 58.0 Å². The summed E-state index contributed by atoms with van der Waals surface area (Å²) in [6.07, 6.45) is 10.5. The van der Waals surface area contributed by atoms with E-state index in [1.54, 1.807) is 0 Å². The van der Waals surface area contributed by atoms with Crippen molar-refractivity contribution in [2.45, 2.75) is 215 Å². The van der Waals surface area contributed by atoms with Gasteiger partial charge in [-0.3, -0.25) is 10.1 Å². The number of aliphatic hydroxyl groups is 2. The fourth-order valence-electron chi connectivity index (χ4n) is 12.8. The van der Waals surface area contributed by atoms with Crippen LogP contribution < -0.4 is 5.32 Å². The molecule has 0 aromatic rings. The van der Waals surface area contributed by atoms with Gasteiger partial charge in [0.2, 0.25) is 0 Å². The Bertz CT molecular complexity index is 1710. The van der Waals surface area contributed by atoms with Gasteiger partial charge in [0.1, 0.15) is 17.9 Å². The van der Waals surface area contributed by atoms with Crippen LogP contribution in [0.1, 0.15) is 131 Å². The molecule has 9 aliphatic rings. The number of piperidine rings is 1. The average molecular weight is 842 g/mol. The number of carbonyl (C=O) groups is 1. The lowest BCUT2D eigenvalue weighted by molar-refractivity contribution is -0.366.